The lowest BCUT2D eigenvalue weighted by Crippen LogP contribution is -2.08. The van der Waals surface area contributed by atoms with Crippen molar-refractivity contribution >= 4 is 30.0 Å². The fourth-order valence-electron chi connectivity index (χ4n) is 2.38. The standard InChI is InChI=1S/C17H8O7/c18-7-10-2-1-8(5-12(10)15(20)21)14(19)9-3-4-11-13(6-9)17(23)24-16(11)22/h1-7H,(H,20,21). The normalized spacial score (nSPS) is 12.5. The number of cyclic esters (lactones) is 2. The third kappa shape index (κ3) is 2.38. The molecule has 118 valence electrons. The average Bonchev–Trinajstić information content (AvgIpc) is 2.87. The SMILES string of the molecule is O=Cc1ccc(C(=O)c2ccc3c(c2)C(=O)OC3=O)cc1C(=O)O. The van der Waals surface area contributed by atoms with Crippen molar-refractivity contribution in [2.45, 2.75) is 0 Å². The molecule has 2 aromatic carbocycles. The van der Waals surface area contributed by atoms with E-state index in [1.54, 1.807) is 0 Å². The summed E-state index contributed by atoms with van der Waals surface area (Å²) in [5.74, 6) is -3.51. The molecule has 1 aliphatic rings. The first-order valence-corrected chi connectivity index (χ1v) is 6.70. The van der Waals surface area contributed by atoms with Crippen LogP contribution >= 0.6 is 0 Å². The van der Waals surface area contributed by atoms with Gasteiger partial charge >= 0.3 is 17.9 Å². The van der Waals surface area contributed by atoms with Gasteiger partial charge in [0.1, 0.15) is 0 Å². The second-order valence-corrected chi connectivity index (χ2v) is 4.99. The van der Waals surface area contributed by atoms with Crippen molar-refractivity contribution in [1.29, 1.82) is 0 Å². The first kappa shape index (κ1) is 15.3. The minimum Gasteiger partial charge on any atom is -0.478 e. The lowest BCUT2D eigenvalue weighted by atomic mass is 9.96. The van der Waals surface area contributed by atoms with E-state index < -0.39 is 23.7 Å². The number of esters is 2. The molecule has 0 unspecified atom stereocenters. The maximum Gasteiger partial charge on any atom is 0.346 e. The van der Waals surface area contributed by atoms with E-state index in [1.165, 1.54) is 30.3 Å². The van der Waals surface area contributed by atoms with Gasteiger partial charge in [0.05, 0.1) is 16.7 Å². The molecule has 0 aromatic heterocycles. The Hall–Kier alpha value is -3.61. The zero-order valence-corrected chi connectivity index (χ0v) is 11.9. The van der Waals surface area contributed by atoms with E-state index in [0.717, 1.165) is 6.07 Å². The molecular weight excluding hydrogens is 316 g/mol. The minimum atomic E-state index is -1.34. The molecule has 3 rings (SSSR count). The lowest BCUT2D eigenvalue weighted by molar-refractivity contribution is 0.0442. The summed E-state index contributed by atoms with van der Waals surface area (Å²) in [4.78, 5) is 57.4. The Morgan fingerprint density at radius 2 is 1.54 bits per heavy atom. The first-order chi connectivity index (χ1) is 11.4. The van der Waals surface area contributed by atoms with Crippen LogP contribution in [0.2, 0.25) is 0 Å². The summed E-state index contributed by atoms with van der Waals surface area (Å²) < 4.78 is 4.45. The highest BCUT2D eigenvalue weighted by atomic mass is 16.6. The Bertz CT molecular complexity index is 927. The maximum absolute atomic E-state index is 12.5. The van der Waals surface area contributed by atoms with Crippen LogP contribution in [0.15, 0.2) is 36.4 Å². The van der Waals surface area contributed by atoms with Crippen LogP contribution < -0.4 is 0 Å². The number of carboxylic acid groups (broad SMARTS) is 1. The smallest absolute Gasteiger partial charge is 0.346 e. The summed E-state index contributed by atoms with van der Waals surface area (Å²) in [7, 11) is 0. The topological polar surface area (TPSA) is 115 Å². The monoisotopic (exact) mass is 324 g/mol. The Balaban J connectivity index is 2.04. The molecule has 0 radical (unpaired) electrons. The number of ether oxygens (including phenoxy) is 1. The van der Waals surface area contributed by atoms with Gasteiger partial charge in [0.25, 0.3) is 0 Å². The predicted octanol–water partition coefficient (Wildman–Crippen LogP) is 1.74. The van der Waals surface area contributed by atoms with Crippen molar-refractivity contribution in [1.82, 2.24) is 0 Å². The molecule has 1 N–H and O–H groups in total. The third-order valence-electron chi connectivity index (χ3n) is 3.58. The number of fused-ring (bicyclic) bond motifs is 1. The van der Waals surface area contributed by atoms with Crippen LogP contribution in [-0.4, -0.2) is 35.1 Å². The van der Waals surface area contributed by atoms with Crippen LogP contribution in [0.5, 0.6) is 0 Å². The fraction of sp³-hybridized carbons (Fsp3) is 0. The van der Waals surface area contributed by atoms with Gasteiger partial charge in [-0.3, -0.25) is 9.59 Å². The van der Waals surface area contributed by atoms with Crippen molar-refractivity contribution in [2.75, 3.05) is 0 Å². The zero-order chi connectivity index (χ0) is 17.4. The van der Waals surface area contributed by atoms with E-state index >= 15 is 0 Å². The summed E-state index contributed by atoms with van der Waals surface area (Å²) in [5, 5.41) is 9.10. The van der Waals surface area contributed by atoms with Crippen LogP contribution in [0, 0.1) is 0 Å². The molecule has 24 heavy (non-hydrogen) atoms. The first-order valence-electron chi connectivity index (χ1n) is 6.70. The highest BCUT2D eigenvalue weighted by molar-refractivity contribution is 6.17. The fourth-order valence-corrected chi connectivity index (χ4v) is 2.38. The van der Waals surface area contributed by atoms with E-state index in [1.807, 2.05) is 0 Å². The van der Waals surface area contributed by atoms with Gasteiger partial charge in [-0.2, -0.15) is 0 Å². The lowest BCUT2D eigenvalue weighted by Gasteiger charge is -2.05. The van der Waals surface area contributed by atoms with E-state index in [9.17, 15) is 24.0 Å². The second kappa shape index (κ2) is 5.54. The molecule has 0 saturated heterocycles. The summed E-state index contributed by atoms with van der Waals surface area (Å²) >= 11 is 0. The number of carbonyl (C=O) groups excluding carboxylic acids is 4. The third-order valence-corrected chi connectivity index (χ3v) is 3.58. The van der Waals surface area contributed by atoms with Crippen LogP contribution in [0.4, 0.5) is 0 Å². The molecule has 0 bridgehead atoms. The van der Waals surface area contributed by atoms with Gasteiger partial charge < -0.3 is 9.84 Å². The van der Waals surface area contributed by atoms with Crippen molar-refractivity contribution in [3.63, 3.8) is 0 Å². The highest BCUT2D eigenvalue weighted by Crippen LogP contribution is 2.23. The minimum absolute atomic E-state index is 0.0196. The molecule has 0 aliphatic carbocycles. The molecule has 2 aromatic rings. The van der Waals surface area contributed by atoms with E-state index in [4.69, 9.17) is 5.11 Å². The van der Waals surface area contributed by atoms with Gasteiger partial charge in [-0.15, -0.1) is 0 Å². The number of ketones is 1. The Kier molecular flexibility index (Phi) is 3.53. The Morgan fingerprint density at radius 3 is 2.21 bits per heavy atom. The van der Waals surface area contributed by atoms with Gasteiger partial charge in [0, 0.05) is 16.7 Å². The molecule has 1 heterocycles. The molecule has 0 spiro atoms. The van der Waals surface area contributed by atoms with Crippen molar-refractivity contribution in [3.8, 4) is 0 Å². The number of rotatable bonds is 4. The molecule has 7 heteroatoms. The molecular formula is C17H8O7. The van der Waals surface area contributed by atoms with E-state index in [2.05, 4.69) is 4.74 Å². The van der Waals surface area contributed by atoms with Crippen molar-refractivity contribution < 1.29 is 33.8 Å². The zero-order valence-electron chi connectivity index (χ0n) is 11.9. The van der Waals surface area contributed by atoms with Gasteiger partial charge in [-0.05, 0) is 18.2 Å². The molecule has 7 nitrogen and oxygen atoms in total. The van der Waals surface area contributed by atoms with Crippen molar-refractivity contribution in [3.05, 3.63) is 69.8 Å². The molecule has 1 aliphatic heterocycles. The van der Waals surface area contributed by atoms with Crippen molar-refractivity contribution in [2.24, 2.45) is 0 Å². The molecule has 0 atom stereocenters. The summed E-state index contributed by atoms with van der Waals surface area (Å²) in [5.41, 5.74) is -0.173. The Labute approximate surface area is 134 Å². The van der Waals surface area contributed by atoms with E-state index in [-0.39, 0.29) is 33.4 Å². The van der Waals surface area contributed by atoms with Gasteiger partial charge in [-0.25, -0.2) is 14.4 Å². The van der Waals surface area contributed by atoms with Gasteiger partial charge in [0.2, 0.25) is 0 Å². The number of hydrogen-bond acceptors (Lipinski definition) is 6. The molecule has 0 fully saturated rings. The quantitative estimate of drug-likeness (QED) is 0.394. The van der Waals surface area contributed by atoms with Crippen LogP contribution in [0.25, 0.3) is 0 Å². The summed E-state index contributed by atoms with van der Waals surface area (Å²) in [6.45, 7) is 0. The maximum atomic E-state index is 12.5. The van der Waals surface area contributed by atoms with Crippen LogP contribution in [0.3, 0.4) is 0 Å². The largest absolute Gasteiger partial charge is 0.478 e. The number of carboxylic acids is 1. The predicted molar refractivity (Wildman–Crippen MR) is 78.4 cm³/mol. The van der Waals surface area contributed by atoms with E-state index in [0.29, 0.717) is 6.29 Å². The number of hydrogen-bond donors (Lipinski definition) is 1. The van der Waals surface area contributed by atoms with Gasteiger partial charge in [-0.1, -0.05) is 18.2 Å². The summed E-state index contributed by atoms with van der Waals surface area (Å²) in [6, 6.07) is 7.50. The van der Waals surface area contributed by atoms with Gasteiger partial charge in [0.15, 0.2) is 12.1 Å². The number of benzene rings is 2. The number of carbonyl (C=O) groups is 5. The number of aromatic carboxylic acids is 1. The average molecular weight is 324 g/mol. The Morgan fingerprint density at radius 1 is 0.917 bits per heavy atom. The van der Waals surface area contributed by atoms with Crippen LogP contribution in [0.1, 0.15) is 57.4 Å². The highest BCUT2D eigenvalue weighted by Gasteiger charge is 2.30. The van der Waals surface area contributed by atoms with Crippen LogP contribution in [-0.2, 0) is 4.74 Å². The summed E-state index contributed by atoms with van der Waals surface area (Å²) in [6.07, 6.45) is 0.384. The number of aldehydes is 1. The second-order valence-electron chi connectivity index (χ2n) is 4.99. The molecule has 0 amide bonds. The molecule has 0 saturated carbocycles.